The molecule has 0 atom stereocenters. The second kappa shape index (κ2) is 5.75. The number of anilines is 2. The lowest BCUT2D eigenvalue weighted by Crippen LogP contribution is -2.05. The summed E-state index contributed by atoms with van der Waals surface area (Å²) in [7, 11) is 1.67. The Morgan fingerprint density at radius 3 is 2.76 bits per heavy atom. The summed E-state index contributed by atoms with van der Waals surface area (Å²) >= 11 is 0. The van der Waals surface area contributed by atoms with Crippen LogP contribution >= 0.6 is 0 Å². The van der Waals surface area contributed by atoms with Gasteiger partial charge in [0.2, 0.25) is 5.95 Å². The van der Waals surface area contributed by atoms with E-state index in [4.69, 9.17) is 10.5 Å². The van der Waals surface area contributed by atoms with Crippen LogP contribution in [0.5, 0.6) is 5.75 Å². The van der Waals surface area contributed by atoms with E-state index in [1.165, 1.54) is 5.56 Å². The Bertz CT molecular complexity index is 734. The number of nitrogen functional groups attached to an aromatic ring is 1. The first-order chi connectivity index (χ1) is 10.2. The topological polar surface area (TPSA) is 76.0 Å². The number of nitrogens with zero attached hydrogens (tertiary/aromatic N) is 1. The van der Waals surface area contributed by atoms with E-state index in [0.717, 1.165) is 41.4 Å². The Kier molecular flexibility index (Phi) is 3.64. The highest BCUT2D eigenvalue weighted by atomic mass is 16.5. The summed E-state index contributed by atoms with van der Waals surface area (Å²) in [6.07, 6.45) is 0.920. The fraction of sp³-hybridized carbons (Fsp3) is 0.188. The summed E-state index contributed by atoms with van der Waals surface area (Å²) in [4.78, 5) is 7.69. The van der Waals surface area contributed by atoms with E-state index in [9.17, 15) is 0 Å². The third-order valence-electron chi connectivity index (χ3n) is 3.37. The normalized spacial score (nSPS) is 10.7. The number of hydrogen-bond acceptors (Lipinski definition) is 4. The van der Waals surface area contributed by atoms with Crippen molar-refractivity contribution in [3.8, 4) is 5.75 Å². The van der Waals surface area contributed by atoms with Crippen molar-refractivity contribution in [2.24, 2.45) is 0 Å². The quantitative estimate of drug-likeness (QED) is 0.629. The van der Waals surface area contributed by atoms with Gasteiger partial charge >= 0.3 is 0 Å². The standard InChI is InChI=1S/C16H18N4O/c1-21-13-5-2-11(3-6-13)8-9-18-16-19-14-7-4-12(17)10-15(14)20-16/h2-7,10H,8-9,17H2,1H3,(H2,18,19,20). The minimum Gasteiger partial charge on any atom is -0.497 e. The van der Waals surface area contributed by atoms with Crippen LogP contribution in [0.2, 0.25) is 0 Å². The molecule has 0 amide bonds. The summed E-state index contributed by atoms with van der Waals surface area (Å²) in [5.74, 6) is 1.64. The number of H-pyrrole nitrogens is 1. The van der Waals surface area contributed by atoms with Gasteiger partial charge in [-0.1, -0.05) is 12.1 Å². The molecule has 1 heterocycles. The summed E-state index contributed by atoms with van der Waals surface area (Å²) in [5.41, 5.74) is 9.60. The zero-order chi connectivity index (χ0) is 14.7. The van der Waals surface area contributed by atoms with E-state index in [0.29, 0.717) is 0 Å². The molecule has 0 bridgehead atoms. The fourth-order valence-corrected chi connectivity index (χ4v) is 2.23. The number of aromatic nitrogens is 2. The van der Waals surface area contributed by atoms with E-state index in [-0.39, 0.29) is 0 Å². The maximum Gasteiger partial charge on any atom is 0.201 e. The summed E-state index contributed by atoms with van der Waals surface area (Å²) < 4.78 is 5.15. The van der Waals surface area contributed by atoms with Gasteiger partial charge in [0.1, 0.15) is 5.75 Å². The van der Waals surface area contributed by atoms with Gasteiger partial charge < -0.3 is 20.8 Å². The number of ether oxygens (including phenoxy) is 1. The van der Waals surface area contributed by atoms with Crippen LogP contribution in [0.15, 0.2) is 42.5 Å². The molecule has 5 nitrogen and oxygen atoms in total. The van der Waals surface area contributed by atoms with Gasteiger partial charge in [0.25, 0.3) is 0 Å². The number of imidazole rings is 1. The lowest BCUT2D eigenvalue weighted by atomic mass is 10.1. The summed E-state index contributed by atoms with van der Waals surface area (Å²) in [6, 6.07) is 13.7. The van der Waals surface area contributed by atoms with Gasteiger partial charge in [0.15, 0.2) is 0 Å². The Hall–Kier alpha value is -2.69. The molecule has 0 aliphatic carbocycles. The Morgan fingerprint density at radius 2 is 2.00 bits per heavy atom. The van der Waals surface area contributed by atoms with E-state index >= 15 is 0 Å². The maximum absolute atomic E-state index is 5.75. The Labute approximate surface area is 123 Å². The number of nitrogens with one attached hydrogen (secondary N) is 2. The van der Waals surface area contributed by atoms with Gasteiger partial charge in [-0.05, 0) is 42.3 Å². The van der Waals surface area contributed by atoms with E-state index in [2.05, 4.69) is 27.4 Å². The molecule has 0 unspecified atom stereocenters. The maximum atomic E-state index is 5.75. The Morgan fingerprint density at radius 1 is 1.19 bits per heavy atom. The van der Waals surface area contributed by atoms with Gasteiger partial charge in [-0.15, -0.1) is 0 Å². The number of hydrogen-bond donors (Lipinski definition) is 3. The van der Waals surface area contributed by atoms with Crippen molar-refractivity contribution in [3.05, 3.63) is 48.0 Å². The molecule has 3 rings (SSSR count). The first-order valence-corrected chi connectivity index (χ1v) is 6.86. The number of benzene rings is 2. The van der Waals surface area contributed by atoms with E-state index in [1.54, 1.807) is 7.11 Å². The number of rotatable bonds is 5. The van der Waals surface area contributed by atoms with Crippen LogP contribution in [-0.2, 0) is 6.42 Å². The highest BCUT2D eigenvalue weighted by Crippen LogP contribution is 2.17. The number of fused-ring (bicyclic) bond motifs is 1. The van der Waals surface area contributed by atoms with Crippen molar-refractivity contribution in [2.75, 3.05) is 24.7 Å². The van der Waals surface area contributed by atoms with Crippen LogP contribution in [0, 0.1) is 0 Å². The summed E-state index contributed by atoms with van der Waals surface area (Å²) in [5, 5.41) is 3.29. The van der Waals surface area contributed by atoms with Crippen molar-refractivity contribution >= 4 is 22.7 Å². The predicted octanol–water partition coefficient (Wildman–Crippen LogP) is 2.81. The van der Waals surface area contributed by atoms with Crippen molar-refractivity contribution in [1.29, 1.82) is 0 Å². The second-order valence-corrected chi connectivity index (χ2v) is 4.89. The lowest BCUT2D eigenvalue weighted by molar-refractivity contribution is 0.414. The van der Waals surface area contributed by atoms with Crippen LogP contribution < -0.4 is 15.8 Å². The molecule has 2 aromatic carbocycles. The van der Waals surface area contributed by atoms with Gasteiger partial charge in [-0.25, -0.2) is 4.98 Å². The predicted molar refractivity (Wildman–Crippen MR) is 85.7 cm³/mol. The minimum absolute atomic E-state index is 0.732. The van der Waals surface area contributed by atoms with E-state index in [1.807, 2.05) is 30.3 Å². The molecule has 1 aromatic heterocycles. The first-order valence-electron chi connectivity index (χ1n) is 6.86. The van der Waals surface area contributed by atoms with Crippen molar-refractivity contribution in [1.82, 2.24) is 9.97 Å². The molecule has 0 saturated carbocycles. The molecule has 4 N–H and O–H groups in total. The third-order valence-corrected chi connectivity index (χ3v) is 3.37. The molecule has 0 radical (unpaired) electrons. The first kappa shape index (κ1) is 13.3. The summed E-state index contributed by atoms with van der Waals surface area (Å²) in [6.45, 7) is 0.807. The smallest absolute Gasteiger partial charge is 0.201 e. The van der Waals surface area contributed by atoms with Crippen molar-refractivity contribution in [3.63, 3.8) is 0 Å². The van der Waals surface area contributed by atoms with Crippen molar-refractivity contribution < 1.29 is 4.74 Å². The molecular formula is C16H18N4O. The van der Waals surface area contributed by atoms with Gasteiger partial charge in [-0.3, -0.25) is 0 Å². The minimum atomic E-state index is 0.732. The third kappa shape index (κ3) is 3.08. The molecule has 0 aliphatic heterocycles. The Balaban J connectivity index is 1.60. The molecule has 0 saturated heterocycles. The monoisotopic (exact) mass is 282 g/mol. The van der Waals surface area contributed by atoms with Crippen LogP contribution in [0.3, 0.4) is 0 Å². The molecule has 0 fully saturated rings. The van der Waals surface area contributed by atoms with Crippen LogP contribution in [0.1, 0.15) is 5.56 Å². The molecule has 0 spiro atoms. The molecule has 3 aromatic rings. The SMILES string of the molecule is COc1ccc(CCNc2nc3ccc(N)cc3[nH]2)cc1. The van der Waals surface area contributed by atoms with Crippen LogP contribution in [0.4, 0.5) is 11.6 Å². The molecule has 0 aliphatic rings. The lowest BCUT2D eigenvalue weighted by Gasteiger charge is -2.04. The zero-order valence-electron chi connectivity index (χ0n) is 11.9. The largest absolute Gasteiger partial charge is 0.497 e. The van der Waals surface area contributed by atoms with Crippen LogP contribution in [-0.4, -0.2) is 23.6 Å². The highest BCUT2D eigenvalue weighted by molar-refractivity contribution is 5.80. The van der Waals surface area contributed by atoms with Crippen molar-refractivity contribution in [2.45, 2.75) is 6.42 Å². The average molecular weight is 282 g/mol. The zero-order valence-corrected chi connectivity index (χ0v) is 11.9. The molecule has 108 valence electrons. The molecular weight excluding hydrogens is 264 g/mol. The van der Waals surface area contributed by atoms with Gasteiger partial charge in [0.05, 0.1) is 18.1 Å². The number of nitrogens with two attached hydrogens (primary N) is 1. The second-order valence-electron chi connectivity index (χ2n) is 4.89. The van der Waals surface area contributed by atoms with Gasteiger partial charge in [-0.2, -0.15) is 0 Å². The number of aromatic amines is 1. The van der Waals surface area contributed by atoms with Crippen LogP contribution in [0.25, 0.3) is 11.0 Å². The number of methoxy groups -OCH3 is 1. The fourth-order valence-electron chi connectivity index (χ4n) is 2.23. The molecule has 21 heavy (non-hydrogen) atoms. The highest BCUT2D eigenvalue weighted by Gasteiger charge is 2.02. The molecule has 5 heteroatoms. The van der Waals surface area contributed by atoms with E-state index < -0.39 is 0 Å². The van der Waals surface area contributed by atoms with Gasteiger partial charge in [0, 0.05) is 12.2 Å². The average Bonchev–Trinajstić information content (AvgIpc) is 2.89.